The van der Waals surface area contributed by atoms with Crippen LogP contribution in [0.2, 0.25) is 0 Å². The van der Waals surface area contributed by atoms with Gasteiger partial charge in [0.1, 0.15) is 23.7 Å². The number of amides is 1. The first-order valence-electron chi connectivity index (χ1n) is 9.70. The van der Waals surface area contributed by atoms with E-state index in [0.717, 1.165) is 50.6 Å². The molecule has 4 rings (SSSR count). The highest BCUT2D eigenvalue weighted by molar-refractivity contribution is 5.77. The van der Waals surface area contributed by atoms with Crippen molar-refractivity contribution in [3.8, 4) is 5.75 Å². The predicted octanol–water partition coefficient (Wildman–Crippen LogP) is 2.69. The maximum Gasteiger partial charge on any atom is 0.260 e. The molecule has 1 amide bonds. The van der Waals surface area contributed by atoms with Gasteiger partial charge in [-0.3, -0.25) is 4.79 Å². The monoisotopic (exact) mass is 372 g/mol. The van der Waals surface area contributed by atoms with Gasteiger partial charge in [0, 0.05) is 26.1 Å². The molecule has 1 saturated carbocycles. The van der Waals surface area contributed by atoms with E-state index in [2.05, 4.69) is 14.8 Å². The first kappa shape index (κ1) is 17.9. The molecule has 2 aliphatic rings. The molecular weight excluding hydrogens is 347 g/mol. The van der Waals surface area contributed by atoms with Gasteiger partial charge in [-0.25, -0.2) is 4.39 Å². The molecule has 1 saturated heterocycles. The van der Waals surface area contributed by atoms with Crippen molar-refractivity contribution in [1.29, 1.82) is 0 Å². The summed E-state index contributed by atoms with van der Waals surface area (Å²) in [5, 5.41) is 8.38. The molecule has 6 nitrogen and oxygen atoms in total. The number of carbonyl (C=O) groups excluding carboxylic acids is 1. The molecule has 7 heteroatoms. The van der Waals surface area contributed by atoms with Crippen LogP contribution in [0.15, 0.2) is 30.6 Å². The van der Waals surface area contributed by atoms with Crippen LogP contribution in [0.1, 0.15) is 31.5 Å². The third-order valence-corrected chi connectivity index (χ3v) is 5.46. The molecule has 1 aliphatic carbocycles. The van der Waals surface area contributed by atoms with Crippen molar-refractivity contribution in [2.75, 3.05) is 19.7 Å². The van der Waals surface area contributed by atoms with E-state index in [4.69, 9.17) is 4.74 Å². The number of benzene rings is 1. The molecule has 1 aromatic heterocycles. The van der Waals surface area contributed by atoms with Crippen molar-refractivity contribution in [3.63, 3.8) is 0 Å². The smallest absolute Gasteiger partial charge is 0.260 e. The Bertz CT molecular complexity index is 765. The number of carbonyl (C=O) groups is 1. The van der Waals surface area contributed by atoms with Gasteiger partial charge in [0.15, 0.2) is 6.61 Å². The highest BCUT2D eigenvalue weighted by Gasteiger charge is 2.26. The Morgan fingerprint density at radius 1 is 1.11 bits per heavy atom. The molecule has 1 aliphatic heterocycles. The number of piperidine rings is 1. The summed E-state index contributed by atoms with van der Waals surface area (Å²) in [6.45, 7) is 2.52. The molecule has 2 heterocycles. The summed E-state index contributed by atoms with van der Waals surface area (Å²) in [5.41, 5.74) is 0. The SMILES string of the molecule is O=C(COc1ccc(F)cc1)N1CCC(Cc2nncn2CC2CC2)CC1. The van der Waals surface area contributed by atoms with E-state index in [0.29, 0.717) is 11.7 Å². The van der Waals surface area contributed by atoms with E-state index < -0.39 is 0 Å². The number of rotatable bonds is 7. The van der Waals surface area contributed by atoms with Gasteiger partial charge in [0.2, 0.25) is 0 Å². The van der Waals surface area contributed by atoms with Crippen LogP contribution in [0.4, 0.5) is 4.39 Å². The Morgan fingerprint density at radius 2 is 1.85 bits per heavy atom. The van der Waals surface area contributed by atoms with Crippen LogP contribution in [0, 0.1) is 17.7 Å². The minimum Gasteiger partial charge on any atom is -0.484 e. The number of nitrogens with zero attached hydrogens (tertiary/aromatic N) is 4. The molecule has 0 spiro atoms. The summed E-state index contributed by atoms with van der Waals surface area (Å²) in [7, 11) is 0. The Kier molecular flexibility index (Phi) is 5.36. The van der Waals surface area contributed by atoms with E-state index in [-0.39, 0.29) is 18.3 Å². The van der Waals surface area contributed by atoms with Crippen LogP contribution in [0.3, 0.4) is 0 Å². The number of halogens is 1. The zero-order valence-corrected chi connectivity index (χ0v) is 15.4. The van der Waals surface area contributed by atoms with Crippen molar-refractivity contribution < 1.29 is 13.9 Å². The number of hydrogen-bond donors (Lipinski definition) is 0. The van der Waals surface area contributed by atoms with Gasteiger partial charge >= 0.3 is 0 Å². The van der Waals surface area contributed by atoms with Gasteiger partial charge in [0.25, 0.3) is 5.91 Å². The van der Waals surface area contributed by atoms with Crippen molar-refractivity contribution in [2.24, 2.45) is 11.8 Å². The van der Waals surface area contributed by atoms with E-state index in [1.807, 2.05) is 11.2 Å². The van der Waals surface area contributed by atoms with Crippen molar-refractivity contribution >= 4 is 5.91 Å². The second-order valence-corrected chi connectivity index (χ2v) is 7.61. The average Bonchev–Trinajstić information content (AvgIpc) is 3.40. The number of aromatic nitrogens is 3. The molecular formula is C20H25FN4O2. The zero-order chi connectivity index (χ0) is 18.6. The first-order chi connectivity index (χ1) is 13.2. The highest BCUT2D eigenvalue weighted by atomic mass is 19.1. The second kappa shape index (κ2) is 8.06. The van der Waals surface area contributed by atoms with E-state index >= 15 is 0 Å². The van der Waals surface area contributed by atoms with Crippen LogP contribution in [0.5, 0.6) is 5.75 Å². The topological polar surface area (TPSA) is 60.2 Å². The summed E-state index contributed by atoms with van der Waals surface area (Å²) >= 11 is 0. The van der Waals surface area contributed by atoms with Gasteiger partial charge < -0.3 is 14.2 Å². The predicted molar refractivity (Wildman–Crippen MR) is 97.6 cm³/mol. The van der Waals surface area contributed by atoms with Crippen LogP contribution in [-0.2, 0) is 17.8 Å². The summed E-state index contributed by atoms with van der Waals surface area (Å²) < 4.78 is 20.6. The van der Waals surface area contributed by atoms with E-state index in [9.17, 15) is 9.18 Å². The Labute approximate surface area is 158 Å². The molecule has 0 N–H and O–H groups in total. The number of hydrogen-bond acceptors (Lipinski definition) is 4. The minimum absolute atomic E-state index is 0.00792. The maximum absolute atomic E-state index is 12.9. The third-order valence-electron chi connectivity index (χ3n) is 5.46. The second-order valence-electron chi connectivity index (χ2n) is 7.61. The molecule has 0 atom stereocenters. The molecule has 0 bridgehead atoms. The van der Waals surface area contributed by atoms with Gasteiger partial charge in [0.05, 0.1) is 0 Å². The number of ether oxygens (including phenoxy) is 1. The van der Waals surface area contributed by atoms with E-state index in [1.54, 1.807) is 0 Å². The van der Waals surface area contributed by atoms with Crippen LogP contribution >= 0.6 is 0 Å². The molecule has 0 unspecified atom stereocenters. The van der Waals surface area contributed by atoms with Crippen molar-refractivity contribution in [3.05, 3.63) is 42.2 Å². The Balaban J connectivity index is 1.22. The fraction of sp³-hybridized carbons (Fsp3) is 0.550. The lowest BCUT2D eigenvalue weighted by atomic mass is 9.93. The van der Waals surface area contributed by atoms with Crippen LogP contribution in [-0.4, -0.2) is 45.3 Å². The molecule has 0 radical (unpaired) electrons. The molecule has 27 heavy (non-hydrogen) atoms. The Hall–Kier alpha value is -2.44. The van der Waals surface area contributed by atoms with E-state index in [1.165, 1.54) is 37.1 Å². The zero-order valence-electron chi connectivity index (χ0n) is 15.4. The van der Waals surface area contributed by atoms with Gasteiger partial charge in [-0.2, -0.15) is 0 Å². The summed E-state index contributed by atoms with van der Waals surface area (Å²) in [5.74, 6) is 2.59. The lowest BCUT2D eigenvalue weighted by Gasteiger charge is -2.31. The molecule has 1 aromatic carbocycles. The first-order valence-corrected chi connectivity index (χ1v) is 9.70. The molecule has 2 fully saturated rings. The fourth-order valence-electron chi connectivity index (χ4n) is 3.58. The van der Waals surface area contributed by atoms with Crippen molar-refractivity contribution in [2.45, 2.75) is 38.6 Å². The quantitative estimate of drug-likeness (QED) is 0.750. The fourth-order valence-corrected chi connectivity index (χ4v) is 3.58. The average molecular weight is 372 g/mol. The van der Waals surface area contributed by atoms with Gasteiger partial charge in [-0.15, -0.1) is 10.2 Å². The van der Waals surface area contributed by atoms with Gasteiger partial charge in [-0.05, 0) is 61.8 Å². The normalized spacial score (nSPS) is 17.9. The largest absolute Gasteiger partial charge is 0.484 e. The van der Waals surface area contributed by atoms with Crippen molar-refractivity contribution in [1.82, 2.24) is 19.7 Å². The maximum atomic E-state index is 12.9. The summed E-state index contributed by atoms with van der Waals surface area (Å²) in [6, 6.07) is 5.72. The van der Waals surface area contributed by atoms with Crippen LogP contribution < -0.4 is 4.74 Å². The lowest BCUT2D eigenvalue weighted by molar-refractivity contribution is -0.134. The molecule has 144 valence electrons. The van der Waals surface area contributed by atoms with Gasteiger partial charge in [-0.1, -0.05) is 0 Å². The third kappa shape index (κ3) is 4.84. The standard InChI is InChI=1S/C20H25FN4O2/c21-17-3-5-18(6-4-17)27-13-20(26)24-9-7-15(8-10-24)11-19-23-22-14-25(19)12-16-1-2-16/h3-6,14-16H,1-2,7-13H2. The summed E-state index contributed by atoms with van der Waals surface area (Å²) in [4.78, 5) is 14.2. The Morgan fingerprint density at radius 3 is 2.56 bits per heavy atom. The minimum atomic E-state index is -0.316. The summed E-state index contributed by atoms with van der Waals surface area (Å²) in [6.07, 6.45) is 7.35. The highest BCUT2D eigenvalue weighted by Crippen LogP contribution is 2.31. The molecule has 2 aromatic rings. The number of likely N-dealkylation sites (tertiary alicyclic amines) is 1. The van der Waals surface area contributed by atoms with Crippen LogP contribution in [0.25, 0.3) is 0 Å². The lowest BCUT2D eigenvalue weighted by Crippen LogP contribution is -2.41.